The number of hydrogen-bond acceptors (Lipinski definition) is 3. The van der Waals surface area contributed by atoms with Crippen molar-refractivity contribution in [1.29, 1.82) is 0 Å². The van der Waals surface area contributed by atoms with E-state index in [9.17, 15) is 14.7 Å². The fourth-order valence-corrected chi connectivity index (χ4v) is 4.30. The predicted octanol–water partition coefficient (Wildman–Crippen LogP) is 2.97. The number of phenolic OH excluding ortho intramolecular Hbond substituents is 1. The van der Waals surface area contributed by atoms with Gasteiger partial charge in [0.15, 0.2) is 0 Å². The van der Waals surface area contributed by atoms with Crippen LogP contribution in [-0.4, -0.2) is 39.9 Å². The van der Waals surface area contributed by atoms with E-state index in [1.165, 1.54) is 12.1 Å². The van der Waals surface area contributed by atoms with Crippen molar-refractivity contribution in [3.05, 3.63) is 27.7 Å². The van der Waals surface area contributed by atoms with Crippen LogP contribution in [0.25, 0.3) is 0 Å². The molecule has 2 bridgehead atoms. The number of carbonyl (C=O) groups is 2. The number of nitrogens with one attached hydrogen (secondary N) is 1. The Hall–Kier alpha value is -1.46. The van der Waals surface area contributed by atoms with Crippen molar-refractivity contribution in [3.63, 3.8) is 0 Å². The first-order chi connectivity index (χ1) is 10.9. The van der Waals surface area contributed by atoms with Crippen LogP contribution in [0.15, 0.2) is 12.1 Å². The first kappa shape index (κ1) is 16.4. The summed E-state index contributed by atoms with van der Waals surface area (Å²) in [5.41, 5.74) is 0.0730. The predicted molar refractivity (Wildman–Crippen MR) is 87.9 cm³/mol. The number of benzene rings is 1. The van der Waals surface area contributed by atoms with Crippen LogP contribution in [0, 0.1) is 0 Å². The average Bonchev–Trinajstić information content (AvgIpc) is 2.75. The molecule has 23 heavy (non-hydrogen) atoms. The highest BCUT2D eigenvalue weighted by Gasteiger charge is 2.42. The summed E-state index contributed by atoms with van der Waals surface area (Å²) in [5, 5.41) is 13.2. The molecule has 1 aromatic rings. The van der Waals surface area contributed by atoms with Crippen LogP contribution in [0.5, 0.6) is 5.75 Å². The molecule has 2 aliphatic heterocycles. The fraction of sp³-hybridized carbons (Fsp3) is 0.500. The molecule has 2 atom stereocenters. The normalized spacial score (nSPS) is 26.2. The third-order valence-electron chi connectivity index (χ3n) is 4.70. The molecule has 2 N–H and O–H groups in total. The lowest BCUT2D eigenvalue weighted by Crippen LogP contribution is -2.51. The van der Waals surface area contributed by atoms with Crippen LogP contribution in [0.4, 0.5) is 0 Å². The van der Waals surface area contributed by atoms with Gasteiger partial charge in [0.2, 0.25) is 5.91 Å². The topological polar surface area (TPSA) is 69.6 Å². The summed E-state index contributed by atoms with van der Waals surface area (Å²) in [6, 6.07) is 3.15. The van der Waals surface area contributed by atoms with Crippen molar-refractivity contribution >= 4 is 35.0 Å². The maximum absolute atomic E-state index is 12.4. The number of halogens is 2. The molecule has 2 unspecified atom stereocenters. The second-order valence-corrected chi connectivity index (χ2v) is 7.08. The van der Waals surface area contributed by atoms with Gasteiger partial charge in [-0.2, -0.15) is 0 Å². The van der Waals surface area contributed by atoms with Gasteiger partial charge < -0.3 is 15.3 Å². The van der Waals surface area contributed by atoms with Crippen molar-refractivity contribution < 1.29 is 14.7 Å². The minimum atomic E-state index is -0.396. The lowest BCUT2D eigenvalue weighted by atomic mass is 9.97. The minimum absolute atomic E-state index is 0.0206. The number of carbonyl (C=O) groups excluding carboxylic acids is 2. The quantitative estimate of drug-likeness (QED) is 0.855. The van der Waals surface area contributed by atoms with E-state index >= 15 is 0 Å². The second kappa shape index (κ2) is 6.21. The number of rotatable bonds is 2. The molecule has 0 saturated carbocycles. The van der Waals surface area contributed by atoms with Crippen molar-refractivity contribution in [2.24, 2.45) is 0 Å². The Bertz CT molecular complexity index is 651. The Kier molecular flexibility index (Phi) is 4.43. The van der Waals surface area contributed by atoms with E-state index in [0.717, 1.165) is 25.7 Å². The number of aromatic hydroxyl groups is 1. The summed E-state index contributed by atoms with van der Waals surface area (Å²) in [6.45, 7) is 1.59. The summed E-state index contributed by atoms with van der Waals surface area (Å²) >= 11 is 11.8. The van der Waals surface area contributed by atoms with Gasteiger partial charge in [-0.3, -0.25) is 9.59 Å². The first-order valence-electron chi connectivity index (χ1n) is 7.64. The lowest BCUT2D eigenvalue weighted by Gasteiger charge is -2.38. The number of piperidine rings is 1. The highest BCUT2D eigenvalue weighted by Crippen LogP contribution is 2.36. The van der Waals surface area contributed by atoms with Gasteiger partial charge in [-0.05, 0) is 37.8 Å². The van der Waals surface area contributed by atoms with Crippen LogP contribution in [0.3, 0.4) is 0 Å². The summed E-state index contributed by atoms with van der Waals surface area (Å²) in [7, 11) is 0. The molecular formula is C16H18Cl2N2O3. The molecular weight excluding hydrogens is 339 g/mol. The monoisotopic (exact) mass is 356 g/mol. The summed E-state index contributed by atoms with van der Waals surface area (Å²) in [4.78, 5) is 26.1. The van der Waals surface area contributed by atoms with E-state index in [-0.39, 0.29) is 40.4 Å². The van der Waals surface area contributed by atoms with Crippen LogP contribution in [0.1, 0.15) is 43.0 Å². The average molecular weight is 357 g/mol. The van der Waals surface area contributed by atoms with Gasteiger partial charge in [-0.15, -0.1) is 0 Å². The zero-order chi connectivity index (χ0) is 16.7. The Morgan fingerprint density at radius 2 is 1.83 bits per heavy atom. The van der Waals surface area contributed by atoms with Gasteiger partial charge in [0, 0.05) is 30.1 Å². The van der Waals surface area contributed by atoms with Gasteiger partial charge in [0.1, 0.15) is 5.75 Å². The van der Waals surface area contributed by atoms with Crippen molar-refractivity contribution in [3.8, 4) is 5.75 Å². The summed E-state index contributed by atoms with van der Waals surface area (Å²) < 4.78 is 0. The molecule has 2 amide bonds. The van der Waals surface area contributed by atoms with E-state index in [0.29, 0.717) is 5.02 Å². The van der Waals surface area contributed by atoms with Gasteiger partial charge in [-0.1, -0.05) is 23.2 Å². The Balaban J connectivity index is 1.72. The van der Waals surface area contributed by atoms with Gasteiger partial charge in [0.05, 0.1) is 10.6 Å². The SMILES string of the molecule is CC(=O)N1C2CCC1CC(NC(=O)c1cc(Cl)cc(Cl)c1O)C2. The fourth-order valence-electron chi connectivity index (χ4n) is 3.81. The molecule has 0 aliphatic carbocycles. The van der Waals surface area contributed by atoms with E-state index in [2.05, 4.69) is 5.32 Å². The number of hydrogen-bond donors (Lipinski definition) is 2. The van der Waals surface area contributed by atoms with E-state index < -0.39 is 5.91 Å². The Morgan fingerprint density at radius 1 is 1.22 bits per heavy atom. The van der Waals surface area contributed by atoms with E-state index in [1.54, 1.807) is 6.92 Å². The zero-order valence-electron chi connectivity index (χ0n) is 12.7. The van der Waals surface area contributed by atoms with Crippen LogP contribution in [-0.2, 0) is 4.79 Å². The van der Waals surface area contributed by atoms with E-state index in [1.807, 2.05) is 4.90 Å². The number of fused-ring (bicyclic) bond motifs is 2. The zero-order valence-corrected chi connectivity index (χ0v) is 14.2. The molecule has 2 fully saturated rings. The molecule has 2 aliphatic rings. The lowest BCUT2D eigenvalue weighted by molar-refractivity contribution is -0.133. The number of nitrogens with zero attached hydrogens (tertiary/aromatic N) is 1. The van der Waals surface area contributed by atoms with Crippen LogP contribution >= 0.6 is 23.2 Å². The molecule has 0 radical (unpaired) electrons. The molecule has 2 saturated heterocycles. The first-order valence-corrected chi connectivity index (χ1v) is 8.40. The maximum Gasteiger partial charge on any atom is 0.255 e. The smallest absolute Gasteiger partial charge is 0.255 e. The molecule has 2 heterocycles. The number of phenols is 1. The van der Waals surface area contributed by atoms with Gasteiger partial charge in [0.25, 0.3) is 5.91 Å². The summed E-state index contributed by atoms with van der Waals surface area (Å²) in [6.07, 6.45) is 3.42. The highest BCUT2D eigenvalue weighted by atomic mass is 35.5. The van der Waals surface area contributed by atoms with Crippen molar-refractivity contribution in [2.45, 2.75) is 50.7 Å². The Labute approximate surface area is 144 Å². The second-order valence-electron chi connectivity index (χ2n) is 6.24. The maximum atomic E-state index is 12.4. The molecule has 7 heteroatoms. The van der Waals surface area contributed by atoms with Crippen molar-refractivity contribution in [1.82, 2.24) is 10.2 Å². The molecule has 5 nitrogen and oxygen atoms in total. The van der Waals surface area contributed by atoms with Crippen LogP contribution < -0.4 is 5.32 Å². The third-order valence-corrected chi connectivity index (χ3v) is 5.21. The standard InChI is InChI=1S/C16H18Cl2N2O3/c1-8(21)20-11-2-3-12(20)7-10(6-11)19-16(23)13-4-9(17)5-14(18)15(13)22/h4-5,10-12,22H,2-3,6-7H2,1H3,(H,19,23). The largest absolute Gasteiger partial charge is 0.506 e. The van der Waals surface area contributed by atoms with Gasteiger partial charge >= 0.3 is 0 Å². The highest BCUT2D eigenvalue weighted by molar-refractivity contribution is 6.36. The van der Waals surface area contributed by atoms with Gasteiger partial charge in [-0.25, -0.2) is 0 Å². The van der Waals surface area contributed by atoms with Crippen molar-refractivity contribution in [2.75, 3.05) is 0 Å². The van der Waals surface area contributed by atoms with Crippen LogP contribution in [0.2, 0.25) is 10.0 Å². The summed E-state index contributed by atoms with van der Waals surface area (Å²) in [5.74, 6) is -0.563. The molecule has 3 rings (SSSR count). The Morgan fingerprint density at radius 3 is 2.39 bits per heavy atom. The van der Waals surface area contributed by atoms with E-state index in [4.69, 9.17) is 23.2 Å². The minimum Gasteiger partial charge on any atom is -0.506 e. The third kappa shape index (κ3) is 3.12. The molecule has 124 valence electrons. The molecule has 1 aromatic carbocycles. The molecule has 0 spiro atoms. The molecule has 0 aromatic heterocycles. The number of amides is 2.